The first kappa shape index (κ1) is 20.3. The van der Waals surface area contributed by atoms with Crippen molar-refractivity contribution in [2.45, 2.75) is 18.8 Å². The van der Waals surface area contributed by atoms with E-state index in [-0.39, 0.29) is 34.3 Å². The van der Waals surface area contributed by atoms with E-state index in [4.69, 9.17) is 23.2 Å². The number of halogens is 5. The lowest BCUT2D eigenvalue weighted by atomic mass is 10.2. The molecule has 1 aliphatic heterocycles. The molecular formula is C18H13Cl2F3N2O3. The van der Waals surface area contributed by atoms with Crippen LogP contribution in [0, 0.1) is 0 Å². The molecule has 148 valence electrons. The van der Waals surface area contributed by atoms with Gasteiger partial charge in [0, 0.05) is 18.3 Å². The first-order valence-corrected chi connectivity index (χ1v) is 8.83. The maximum atomic E-state index is 12.6. The number of nitrogens with one attached hydrogen (secondary N) is 1. The number of amides is 2. The normalized spacial score (nSPS) is 17.0. The van der Waals surface area contributed by atoms with Crippen LogP contribution in [0.2, 0.25) is 10.0 Å². The standard InChI is InChI=1S/C18H13Cl2F3N2O3/c19-13-6-2-5-12(15(13)20)16(26)24-14-7-8-25(17(14)27)10-3-1-4-11(9-10)28-18(21,22)23/h1-6,9,14H,7-8H2,(H,24,26). The highest BCUT2D eigenvalue weighted by molar-refractivity contribution is 6.43. The van der Waals surface area contributed by atoms with Gasteiger partial charge in [-0.2, -0.15) is 0 Å². The zero-order valence-corrected chi connectivity index (χ0v) is 15.6. The van der Waals surface area contributed by atoms with E-state index in [1.54, 1.807) is 6.07 Å². The van der Waals surface area contributed by atoms with Crippen molar-refractivity contribution in [3.8, 4) is 5.75 Å². The second kappa shape index (κ2) is 7.89. The summed E-state index contributed by atoms with van der Waals surface area (Å²) < 4.78 is 41.0. The molecule has 3 rings (SSSR count). The van der Waals surface area contributed by atoms with Crippen molar-refractivity contribution in [1.82, 2.24) is 5.32 Å². The third-order valence-electron chi connectivity index (χ3n) is 4.07. The summed E-state index contributed by atoms with van der Waals surface area (Å²) in [6.07, 6.45) is -4.55. The molecule has 28 heavy (non-hydrogen) atoms. The number of hydrogen-bond acceptors (Lipinski definition) is 3. The van der Waals surface area contributed by atoms with Gasteiger partial charge in [-0.15, -0.1) is 13.2 Å². The van der Waals surface area contributed by atoms with E-state index in [0.717, 1.165) is 12.1 Å². The smallest absolute Gasteiger partial charge is 0.406 e. The van der Waals surface area contributed by atoms with Crippen LogP contribution in [0.4, 0.5) is 18.9 Å². The predicted octanol–water partition coefficient (Wildman–Crippen LogP) is 4.43. The van der Waals surface area contributed by atoms with E-state index in [2.05, 4.69) is 10.1 Å². The van der Waals surface area contributed by atoms with Crippen LogP contribution in [0.25, 0.3) is 0 Å². The van der Waals surface area contributed by atoms with Crippen LogP contribution in [0.15, 0.2) is 42.5 Å². The number of rotatable bonds is 4. The molecule has 1 atom stereocenters. The number of nitrogens with zero attached hydrogens (tertiary/aromatic N) is 1. The summed E-state index contributed by atoms with van der Waals surface area (Å²) in [5.74, 6) is -1.45. The first-order valence-electron chi connectivity index (χ1n) is 8.08. The van der Waals surface area contributed by atoms with Crippen LogP contribution in [-0.4, -0.2) is 30.8 Å². The summed E-state index contributed by atoms with van der Waals surface area (Å²) in [6, 6.07) is 8.80. The fourth-order valence-electron chi connectivity index (χ4n) is 2.83. The molecular weight excluding hydrogens is 420 g/mol. The summed E-state index contributed by atoms with van der Waals surface area (Å²) in [5, 5.41) is 2.86. The van der Waals surface area contributed by atoms with E-state index in [9.17, 15) is 22.8 Å². The van der Waals surface area contributed by atoms with Gasteiger partial charge in [-0.1, -0.05) is 35.3 Å². The van der Waals surface area contributed by atoms with E-state index >= 15 is 0 Å². The molecule has 1 fully saturated rings. The molecule has 0 aromatic heterocycles. The lowest BCUT2D eigenvalue weighted by Gasteiger charge is -2.18. The van der Waals surface area contributed by atoms with Crippen LogP contribution >= 0.6 is 23.2 Å². The Morgan fingerprint density at radius 3 is 2.61 bits per heavy atom. The van der Waals surface area contributed by atoms with Gasteiger partial charge in [-0.05, 0) is 30.7 Å². The minimum atomic E-state index is -4.83. The number of anilines is 1. The third kappa shape index (κ3) is 4.51. The number of benzene rings is 2. The molecule has 0 bridgehead atoms. The predicted molar refractivity (Wildman–Crippen MR) is 97.8 cm³/mol. The summed E-state index contributed by atoms with van der Waals surface area (Å²) >= 11 is 11.9. The van der Waals surface area contributed by atoms with E-state index in [1.165, 1.54) is 29.2 Å². The second-order valence-corrected chi connectivity index (χ2v) is 6.74. The molecule has 1 heterocycles. The number of ether oxygens (including phenoxy) is 1. The largest absolute Gasteiger partial charge is 0.573 e. The molecule has 0 spiro atoms. The van der Waals surface area contributed by atoms with Crippen LogP contribution in [-0.2, 0) is 4.79 Å². The molecule has 5 nitrogen and oxygen atoms in total. The summed E-state index contributed by atoms with van der Waals surface area (Å²) in [5.41, 5.74) is 0.366. The average molecular weight is 433 g/mol. The molecule has 1 unspecified atom stereocenters. The van der Waals surface area contributed by atoms with Crippen LogP contribution in [0.1, 0.15) is 16.8 Å². The fourth-order valence-corrected chi connectivity index (χ4v) is 3.22. The summed E-state index contributed by atoms with van der Waals surface area (Å²) in [6.45, 7) is 0.225. The topological polar surface area (TPSA) is 58.6 Å². The second-order valence-electron chi connectivity index (χ2n) is 5.95. The van der Waals surface area contributed by atoms with Crippen molar-refractivity contribution in [2.24, 2.45) is 0 Å². The van der Waals surface area contributed by atoms with Crippen molar-refractivity contribution in [1.29, 1.82) is 0 Å². The van der Waals surface area contributed by atoms with Crippen LogP contribution in [0.3, 0.4) is 0 Å². The lowest BCUT2D eigenvalue weighted by molar-refractivity contribution is -0.274. The van der Waals surface area contributed by atoms with Crippen LogP contribution < -0.4 is 15.0 Å². The Balaban J connectivity index is 1.72. The Morgan fingerprint density at radius 2 is 1.89 bits per heavy atom. The lowest BCUT2D eigenvalue weighted by Crippen LogP contribution is -2.41. The van der Waals surface area contributed by atoms with E-state index in [1.807, 2.05) is 0 Å². The highest BCUT2D eigenvalue weighted by Crippen LogP contribution is 2.30. The van der Waals surface area contributed by atoms with Gasteiger partial charge in [0.1, 0.15) is 11.8 Å². The molecule has 0 radical (unpaired) electrons. The number of alkyl halides is 3. The zero-order valence-electron chi connectivity index (χ0n) is 14.1. The zero-order chi connectivity index (χ0) is 20.5. The highest BCUT2D eigenvalue weighted by Gasteiger charge is 2.35. The Bertz CT molecular complexity index is 921. The Morgan fingerprint density at radius 1 is 1.18 bits per heavy atom. The van der Waals surface area contributed by atoms with Crippen molar-refractivity contribution in [3.63, 3.8) is 0 Å². The van der Waals surface area contributed by atoms with Gasteiger partial charge in [0.15, 0.2) is 0 Å². The van der Waals surface area contributed by atoms with E-state index < -0.39 is 30.0 Å². The molecule has 1 saturated heterocycles. The number of carbonyl (C=O) groups excluding carboxylic acids is 2. The number of carbonyl (C=O) groups is 2. The maximum Gasteiger partial charge on any atom is 0.573 e. The first-order chi connectivity index (χ1) is 13.2. The molecule has 10 heteroatoms. The maximum absolute atomic E-state index is 12.6. The summed E-state index contributed by atoms with van der Waals surface area (Å²) in [7, 11) is 0. The Kier molecular flexibility index (Phi) is 5.71. The van der Waals surface area contributed by atoms with Crippen LogP contribution in [0.5, 0.6) is 5.75 Å². The molecule has 0 aliphatic carbocycles. The molecule has 2 aromatic rings. The van der Waals surface area contributed by atoms with Gasteiger partial charge in [0.25, 0.3) is 5.91 Å². The molecule has 0 saturated carbocycles. The van der Waals surface area contributed by atoms with Crippen molar-refractivity contribution >= 4 is 40.7 Å². The van der Waals surface area contributed by atoms with Gasteiger partial charge in [0.05, 0.1) is 15.6 Å². The van der Waals surface area contributed by atoms with Gasteiger partial charge in [0.2, 0.25) is 5.91 Å². The highest BCUT2D eigenvalue weighted by atomic mass is 35.5. The minimum absolute atomic E-state index is 0.0703. The molecule has 1 N–H and O–H groups in total. The number of hydrogen-bond donors (Lipinski definition) is 1. The summed E-state index contributed by atoms with van der Waals surface area (Å²) in [4.78, 5) is 26.3. The van der Waals surface area contributed by atoms with Gasteiger partial charge < -0.3 is 15.0 Å². The quantitative estimate of drug-likeness (QED) is 0.777. The molecule has 2 aromatic carbocycles. The third-order valence-corrected chi connectivity index (χ3v) is 4.89. The molecule has 1 aliphatic rings. The Labute approximate surface area is 168 Å². The minimum Gasteiger partial charge on any atom is -0.406 e. The monoisotopic (exact) mass is 432 g/mol. The van der Waals surface area contributed by atoms with Crippen molar-refractivity contribution in [3.05, 3.63) is 58.1 Å². The van der Waals surface area contributed by atoms with Gasteiger partial charge in [-0.3, -0.25) is 9.59 Å². The molecule has 2 amide bonds. The van der Waals surface area contributed by atoms with Crippen molar-refractivity contribution < 1.29 is 27.5 Å². The fraction of sp³-hybridized carbons (Fsp3) is 0.222. The van der Waals surface area contributed by atoms with Crippen molar-refractivity contribution in [2.75, 3.05) is 11.4 Å². The average Bonchev–Trinajstić information content (AvgIpc) is 2.96. The SMILES string of the molecule is O=C(NC1CCN(c2cccc(OC(F)(F)F)c2)C1=O)c1cccc(Cl)c1Cl. The Hall–Kier alpha value is -2.45. The van der Waals surface area contributed by atoms with Gasteiger partial charge in [-0.25, -0.2) is 0 Å². The van der Waals surface area contributed by atoms with Gasteiger partial charge >= 0.3 is 6.36 Å². The van der Waals surface area contributed by atoms with E-state index in [0.29, 0.717) is 0 Å².